The largest absolute Gasteiger partial charge is 0.464 e. The van der Waals surface area contributed by atoms with Gasteiger partial charge in [0, 0.05) is 25.0 Å². The van der Waals surface area contributed by atoms with Gasteiger partial charge >= 0.3 is 5.97 Å². The number of carbonyl (C=O) groups is 1. The van der Waals surface area contributed by atoms with Crippen LogP contribution in [-0.2, 0) is 23.4 Å². The Hall–Kier alpha value is -0.0700. The van der Waals surface area contributed by atoms with Crippen molar-refractivity contribution in [1.82, 2.24) is 4.90 Å². The van der Waals surface area contributed by atoms with Gasteiger partial charge in [-0.2, -0.15) is 0 Å². The lowest BCUT2D eigenvalue weighted by atomic mass is 9.89. The van der Waals surface area contributed by atoms with Gasteiger partial charge in [-0.1, -0.05) is 65.3 Å². The van der Waals surface area contributed by atoms with Crippen LogP contribution in [0.15, 0.2) is 0 Å². The van der Waals surface area contributed by atoms with Crippen LogP contribution in [0.1, 0.15) is 100 Å². The summed E-state index contributed by atoms with van der Waals surface area (Å²) in [7, 11) is 0. The Morgan fingerprint density at radius 1 is 1.00 bits per heavy atom. The zero-order valence-corrected chi connectivity index (χ0v) is 25.7. The van der Waals surface area contributed by atoms with Crippen LogP contribution in [0.5, 0.6) is 0 Å². The Balaban J connectivity index is 2.69. The second-order valence-electron chi connectivity index (χ2n) is 11.7. The number of esters is 1. The number of morpholine rings is 1. The summed E-state index contributed by atoms with van der Waals surface area (Å²) in [6, 6.07) is 0. The third kappa shape index (κ3) is 12.8. The van der Waals surface area contributed by atoms with E-state index in [4.69, 9.17) is 14.0 Å². The van der Waals surface area contributed by atoms with Gasteiger partial charge in [0.1, 0.15) is 6.61 Å². The van der Waals surface area contributed by atoms with Crippen LogP contribution < -0.4 is 0 Å². The topological polar surface area (TPSA) is 65.1 Å². The Labute approximate surface area is 220 Å². The fourth-order valence-electron chi connectivity index (χ4n) is 4.39. The van der Waals surface area contributed by atoms with Crippen LogP contribution in [0.25, 0.3) is 0 Å². The number of nitrogens with zero attached hydrogens (tertiary/aromatic N) is 1. The molecule has 6 nitrogen and oxygen atoms in total. The molecule has 1 aliphatic heterocycles. The zero-order chi connectivity index (χ0) is 26.6. The molecule has 2 atom stereocenters. The van der Waals surface area contributed by atoms with E-state index in [0.29, 0.717) is 11.9 Å². The van der Waals surface area contributed by atoms with E-state index in [1.165, 1.54) is 11.4 Å². The monoisotopic (exact) mass is 535 g/mol. The Kier molecular flexibility index (Phi) is 14.5. The third-order valence-corrected chi connectivity index (χ3v) is 12.1. The fourth-order valence-corrected chi connectivity index (χ4v) is 10.2. The maximum atomic E-state index is 14.1. The Bertz CT molecular complexity index is 666. The minimum atomic E-state index is -2.97. The van der Waals surface area contributed by atoms with Crippen molar-refractivity contribution in [2.45, 2.75) is 106 Å². The summed E-state index contributed by atoms with van der Waals surface area (Å²) in [5, 5.41) is 0. The van der Waals surface area contributed by atoms with E-state index in [9.17, 15) is 9.36 Å². The van der Waals surface area contributed by atoms with Crippen molar-refractivity contribution in [1.29, 1.82) is 0 Å². The first-order valence-corrected chi connectivity index (χ1v) is 17.1. The van der Waals surface area contributed by atoms with Crippen molar-refractivity contribution in [3.63, 3.8) is 0 Å². The van der Waals surface area contributed by atoms with Gasteiger partial charge < -0.3 is 14.0 Å². The highest BCUT2D eigenvalue weighted by molar-refractivity contribution is 8.56. The van der Waals surface area contributed by atoms with E-state index in [1.54, 1.807) is 0 Å². The van der Waals surface area contributed by atoms with E-state index in [0.717, 1.165) is 77.8 Å². The second kappa shape index (κ2) is 15.4. The molecule has 1 heterocycles. The molecular weight excluding hydrogens is 481 g/mol. The predicted octanol–water partition coefficient (Wildman–Crippen LogP) is 7.41. The van der Waals surface area contributed by atoms with Crippen LogP contribution in [0.2, 0.25) is 0 Å². The van der Waals surface area contributed by atoms with Crippen molar-refractivity contribution in [3.05, 3.63) is 0 Å². The molecule has 0 radical (unpaired) electrons. The first-order chi connectivity index (χ1) is 16.3. The number of rotatable bonds is 18. The maximum Gasteiger partial charge on any atom is 0.311 e. The summed E-state index contributed by atoms with van der Waals surface area (Å²) in [6.45, 7) is 18.3. The summed E-state index contributed by atoms with van der Waals surface area (Å²) in [6.07, 6.45) is 7.27. The van der Waals surface area contributed by atoms with Crippen molar-refractivity contribution in [3.8, 4) is 0 Å². The van der Waals surface area contributed by atoms with E-state index >= 15 is 0 Å². The SMILES string of the molecule is CCCCC(C)(C)CP(=O)(OC(C)(CC)CCC)SCCOC(=O)C(C)(C)CCN1CCOCC1. The van der Waals surface area contributed by atoms with Crippen LogP contribution in [0.3, 0.4) is 0 Å². The summed E-state index contributed by atoms with van der Waals surface area (Å²) in [4.78, 5) is 15.1. The highest BCUT2D eigenvalue weighted by Crippen LogP contribution is 2.65. The molecule has 1 fully saturated rings. The lowest BCUT2D eigenvalue weighted by Gasteiger charge is -2.36. The van der Waals surface area contributed by atoms with Gasteiger partial charge in [0.2, 0.25) is 0 Å². The van der Waals surface area contributed by atoms with Crippen molar-refractivity contribution < 1.29 is 23.4 Å². The fraction of sp³-hybridized carbons (Fsp3) is 0.963. The quantitative estimate of drug-likeness (QED) is 0.103. The molecular formula is C27H54NO5PS. The summed E-state index contributed by atoms with van der Waals surface area (Å²) < 4.78 is 31.7. The van der Waals surface area contributed by atoms with Gasteiger partial charge in [0.25, 0.3) is 6.57 Å². The van der Waals surface area contributed by atoms with E-state index in [1.807, 2.05) is 13.8 Å². The molecule has 1 saturated heterocycles. The number of carbonyl (C=O) groups excluding carboxylic acids is 1. The highest BCUT2D eigenvalue weighted by Gasteiger charge is 2.39. The van der Waals surface area contributed by atoms with E-state index in [-0.39, 0.29) is 18.0 Å². The Morgan fingerprint density at radius 2 is 1.66 bits per heavy atom. The molecule has 0 saturated carbocycles. The molecule has 0 bridgehead atoms. The van der Waals surface area contributed by atoms with Crippen molar-refractivity contribution in [2.24, 2.45) is 10.8 Å². The standard InChI is InChI=1S/C27H54NO5PS/c1-9-12-14-25(4,5)23-34(30,33-27(8,11-3)13-10-2)35-22-21-32-24(29)26(6,7)15-16-28-17-19-31-20-18-28/h9-23H2,1-8H3. The first-order valence-electron chi connectivity index (χ1n) is 13.7. The zero-order valence-electron chi connectivity index (χ0n) is 24.0. The molecule has 8 heteroatoms. The van der Waals surface area contributed by atoms with Crippen LogP contribution >= 0.6 is 18.0 Å². The molecule has 0 aromatic rings. The summed E-state index contributed by atoms with van der Waals surface area (Å²) >= 11 is 1.37. The lowest BCUT2D eigenvalue weighted by molar-refractivity contribution is -0.153. The Morgan fingerprint density at radius 3 is 2.23 bits per heavy atom. The number of unbranched alkanes of at least 4 members (excludes halogenated alkanes) is 1. The second-order valence-corrected chi connectivity index (χ2v) is 16.6. The predicted molar refractivity (Wildman–Crippen MR) is 150 cm³/mol. The average Bonchev–Trinajstić information content (AvgIpc) is 2.79. The normalized spacial score (nSPS) is 19.2. The van der Waals surface area contributed by atoms with Gasteiger partial charge in [-0.15, -0.1) is 0 Å². The number of ether oxygens (including phenoxy) is 2. The van der Waals surface area contributed by atoms with Crippen LogP contribution in [0, 0.1) is 10.8 Å². The van der Waals surface area contributed by atoms with Gasteiger partial charge in [0.15, 0.2) is 0 Å². The summed E-state index contributed by atoms with van der Waals surface area (Å²) in [5.41, 5.74) is -0.999. The number of hydrogen-bond donors (Lipinski definition) is 0. The van der Waals surface area contributed by atoms with E-state index < -0.39 is 17.6 Å². The van der Waals surface area contributed by atoms with E-state index in [2.05, 4.69) is 46.4 Å². The van der Waals surface area contributed by atoms with Crippen LogP contribution in [-0.4, -0.2) is 67.8 Å². The molecule has 0 N–H and O–H groups in total. The van der Waals surface area contributed by atoms with Gasteiger partial charge in [-0.05, 0) is 58.4 Å². The molecule has 2 unspecified atom stereocenters. The first kappa shape index (κ1) is 33.0. The molecule has 0 aromatic heterocycles. The summed E-state index contributed by atoms with van der Waals surface area (Å²) in [5.74, 6) is 0.299. The van der Waals surface area contributed by atoms with Gasteiger partial charge in [-0.3, -0.25) is 14.3 Å². The molecule has 0 aliphatic carbocycles. The highest BCUT2D eigenvalue weighted by atomic mass is 32.7. The van der Waals surface area contributed by atoms with Gasteiger partial charge in [0.05, 0.1) is 24.2 Å². The molecule has 0 aromatic carbocycles. The minimum Gasteiger partial charge on any atom is -0.464 e. The van der Waals surface area contributed by atoms with Gasteiger partial charge in [-0.25, -0.2) is 0 Å². The molecule has 1 aliphatic rings. The molecule has 0 spiro atoms. The lowest BCUT2D eigenvalue weighted by Crippen LogP contribution is -2.39. The van der Waals surface area contributed by atoms with Crippen LogP contribution in [0.4, 0.5) is 0 Å². The number of hydrogen-bond acceptors (Lipinski definition) is 7. The molecule has 35 heavy (non-hydrogen) atoms. The van der Waals surface area contributed by atoms with Crippen molar-refractivity contribution >= 4 is 23.9 Å². The van der Waals surface area contributed by atoms with Crippen molar-refractivity contribution in [2.75, 3.05) is 51.4 Å². The molecule has 0 amide bonds. The molecule has 1 rings (SSSR count). The minimum absolute atomic E-state index is 0.0580. The third-order valence-electron chi connectivity index (χ3n) is 7.03. The maximum absolute atomic E-state index is 14.1. The molecule has 208 valence electrons. The smallest absolute Gasteiger partial charge is 0.311 e. The average molecular weight is 536 g/mol.